The van der Waals surface area contributed by atoms with Gasteiger partial charge in [0.25, 0.3) is 11.1 Å². The molecule has 6 heteroatoms. The smallest absolute Gasteiger partial charge is 0.293 e. The van der Waals surface area contributed by atoms with Crippen LogP contribution in [0.15, 0.2) is 63.9 Å². The van der Waals surface area contributed by atoms with Crippen LogP contribution in [0.5, 0.6) is 0 Å². The number of amides is 2. The Hall–Kier alpha value is -2.99. The first kappa shape index (κ1) is 19.3. The van der Waals surface area contributed by atoms with E-state index in [9.17, 15) is 9.59 Å². The fourth-order valence-electron chi connectivity index (χ4n) is 3.49. The summed E-state index contributed by atoms with van der Waals surface area (Å²) in [6.07, 6.45) is 1.65. The number of thioether (sulfide) groups is 1. The van der Waals surface area contributed by atoms with Crippen molar-refractivity contribution in [1.29, 1.82) is 0 Å². The predicted octanol–water partition coefficient (Wildman–Crippen LogP) is 5.52. The third kappa shape index (κ3) is 3.80. The minimum absolute atomic E-state index is 0.256. The molecule has 2 amide bonds. The van der Waals surface area contributed by atoms with E-state index in [-0.39, 0.29) is 17.7 Å². The van der Waals surface area contributed by atoms with Crippen LogP contribution in [0.3, 0.4) is 0 Å². The molecule has 1 aromatic heterocycles. The fourth-order valence-corrected chi connectivity index (χ4v) is 4.31. The van der Waals surface area contributed by atoms with E-state index < -0.39 is 0 Å². The number of hydrogen-bond donors (Lipinski definition) is 0. The van der Waals surface area contributed by atoms with Crippen molar-refractivity contribution in [2.24, 2.45) is 0 Å². The van der Waals surface area contributed by atoms with Crippen molar-refractivity contribution in [1.82, 2.24) is 4.90 Å². The summed E-state index contributed by atoms with van der Waals surface area (Å²) in [4.78, 5) is 29.2. The first-order valence-corrected chi connectivity index (χ1v) is 10.5. The maximum Gasteiger partial charge on any atom is 0.293 e. The molecule has 0 unspecified atom stereocenters. The highest BCUT2D eigenvalue weighted by Crippen LogP contribution is 2.35. The second-order valence-electron chi connectivity index (χ2n) is 6.75. The summed E-state index contributed by atoms with van der Waals surface area (Å²) in [6, 6.07) is 17.6. The van der Waals surface area contributed by atoms with Gasteiger partial charge in [0, 0.05) is 25.2 Å². The van der Waals surface area contributed by atoms with Crippen molar-refractivity contribution in [2.45, 2.75) is 20.4 Å². The number of imide groups is 1. The number of rotatable bonds is 6. The minimum Gasteiger partial charge on any atom is -0.441 e. The van der Waals surface area contributed by atoms with E-state index in [0.29, 0.717) is 10.7 Å². The van der Waals surface area contributed by atoms with Crippen LogP contribution in [0.2, 0.25) is 0 Å². The van der Waals surface area contributed by atoms with Crippen molar-refractivity contribution < 1.29 is 14.0 Å². The average molecular weight is 407 g/mol. The first-order chi connectivity index (χ1) is 14.1. The molecule has 1 saturated heterocycles. The highest BCUT2D eigenvalue weighted by Gasteiger charge is 2.35. The molecule has 4 rings (SSSR count). The quantitative estimate of drug-likeness (QED) is 0.505. The topological polar surface area (TPSA) is 53.8 Å². The number of furan rings is 1. The second-order valence-corrected chi connectivity index (χ2v) is 7.75. The van der Waals surface area contributed by atoms with Crippen LogP contribution in [0.4, 0.5) is 10.7 Å². The summed E-state index contributed by atoms with van der Waals surface area (Å²) in [5, 5.41) is 1.88. The zero-order valence-corrected chi connectivity index (χ0v) is 17.2. The number of benzene rings is 2. The number of nitrogens with zero attached hydrogens (tertiary/aromatic N) is 2. The first-order valence-electron chi connectivity index (χ1n) is 9.67. The van der Waals surface area contributed by atoms with Gasteiger partial charge in [-0.05, 0) is 48.0 Å². The van der Waals surface area contributed by atoms with Gasteiger partial charge in [0.2, 0.25) is 0 Å². The Morgan fingerprint density at radius 2 is 1.76 bits per heavy atom. The van der Waals surface area contributed by atoms with Gasteiger partial charge in [0.1, 0.15) is 5.76 Å². The monoisotopic (exact) mass is 406 g/mol. The lowest BCUT2D eigenvalue weighted by Gasteiger charge is -2.16. The summed E-state index contributed by atoms with van der Waals surface area (Å²) in [7, 11) is 0. The van der Waals surface area contributed by atoms with Crippen molar-refractivity contribution in [3.8, 4) is 0 Å². The van der Waals surface area contributed by atoms with Crippen LogP contribution < -0.4 is 4.90 Å². The van der Waals surface area contributed by atoms with Gasteiger partial charge in [-0.1, -0.05) is 42.5 Å². The third-order valence-corrected chi connectivity index (χ3v) is 5.95. The Bertz CT molecular complexity index is 1090. The summed E-state index contributed by atoms with van der Waals surface area (Å²) in [6.45, 7) is 6.05. The van der Waals surface area contributed by atoms with Gasteiger partial charge in [-0.3, -0.25) is 14.5 Å². The fraction of sp³-hybridized carbons (Fsp3) is 0.217. The molecule has 0 bridgehead atoms. The maximum absolute atomic E-state index is 12.9. The summed E-state index contributed by atoms with van der Waals surface area (Å²) in [5.41, 5.74) is 0.952. The van der Waals surface area contributed by atoms with Gasteiger partial charge in [-0.15, -0.1) is 0 Å². The molecular weight excluding hydrogens is 384 g/mol. The van der Waals surface area contributed by atoms with Gasteiger partial charge < -0.3 is 9.32 Å². The Morgan fingerprint density at radius 3 is 2.55 bits per heavy atom. The normalized spacial score (nSPS) is 15.7. The molecule has 5 nitrogen and oxygen atoms in total. The standard InChI is InChI=1S/C23H22N2O3S/c1-3-24(4-2)21-13-12-18(28-21)14-20-22(26)25(23(27)29-20)15-17-10-7-9-16-8-5-6-11-19(16)17/h5-14H,3-4,15H2,1-2H3/b20-14-. The van der Waals surface area contributed by atoms with E-state index in [1.807, 2.05) is 54.6 Å². The Labute approximate surface area is 174 Å². The van der Waals surface area contributed by atoms with Crippen molar-refractivity contribution in [2.75, 3.05) is 18.0 Å². The van der Waals surface area contributed by atoms with Gasteiger partial charge >= 0.3 is 0 Å². The van der Waals surface area contributed by atoms with Crippen LogP contribution in [0.25, 0.3) is 16.8 Å². The molecule has 2 heterocycles. The summed E-state index contributed by atoms with van der Waals surface area (Å²) >= 11 is 0.955. The second kappa shape index (κ2) is 8.17. The largest absolute Gasteiger partial charge is 0.441 e. The summed E-state index contributed by atoms with van der Waals surface area (Å²) < 4.78 is 5.84. The molecular formula is C23H22N2O3S. The molecule has 0 spiro atoms. The van der Waals surface area contributed by atoms with Crippen LogP contribution >= 0.6 is 11.8 Å². The van der Waals surface area contributed by atoms with Crippen molar-refractivity contribution in [3.05, 3.63) is 70.8 Å². The van der Waals surface area contributed by atoms with Crippen molar-refractivity contribution in [3.63, 3.8) is 0 Å². The Kier molecular flexibility index (Phi) is 5.45. The molecule has 0 saturated carbocycles. The maximum atomic E-state index is 12.9. The van der Waals surface area contributed by atoms with Gasteiger partial charge in [0.05, 0.1) is 11.4 Å². The SMILES string of the molecule is CCN(CC)c1ccc(/C=C2\SC(=O)N(Cc3cccc4ccccc34)C2=O)o1. The molecule has 1 fully saturated rings. The number of carbonyl (C=O) groups is 2. The van der Waals surface area contributed by atoms with E-state index >= 15 is 0 Å². The van der Waals surface area contributed by atoms with E-state index in [4.69, 9.17) is 4.42 Å². The molecule has 148 valence electrons. The highest BCUT2D eigenvalue weighted by molar-refractivity contribution is 8.18. The zero-order chi connectivity index (χ0) is 20.4. The minimum atomic E-state index is -0.284. The third-order valence-electron chi connectivity index (χ3n) is 5.04. The number of carbonyl (C=O) groups excluding carboxylic acids is 2. The molecule has 3 aromatic rings. The zero-order valence-electron chi connectivity index (χ0n) is 16.4. The lowest BCUT2D eigenvalue weighted by atomic mass is 10.0. The summed E-state index contributed by atoms with van der Waals surface area (Å²) in [5.74, 6) is 1.05. The average Bonchev–Trinajstić information content (AvgIpc) is 3.29. The molecule has 2 aromatic carbocycles. The lowest BCUT2D eigenvalue weighted by Crippen LogP contribution is -2.27. The number of fused-ring (bicyclic) bond motifs is 1. The molecule has 1 aliphatic heterocycles. The predicted molar refractivity (Wildman–Crippen MR) is 118 cm³/mol. The van der Waals surface area contributed by atoms with Gasteiger partial charge in [0.15, 0.2) is 5.88 Å². The highest BCUT2D eigenvalue weighted by atomic mass is 32.2. The molecule has 0 atom stereocenters. The van der Waals surface area contributed by atoms with Crippen LogP contribution in [0, 0.1) is 0 Å². The van der Waals surface area contributed by atoms with E-state index in [2.05, 4.69) is 18.7 Å². The Balaban J connectivity index is 1.57. The number of anilines is 1. The van der Waals surface area contributed by atoms with E-state index in [0.717, 1.165) is 47.1 Å². The molecule has 1 aliphatic rings. The van der Waals surface area contributed by atoms with E-state index in [1.165, 1.54) is 4.90 Å². The van der Waals surface area contributed by atoms with Gasteiger partial charge in [-0.2, -0.15) is 0 Å². The lowest BCUT2D eigenvalue weighted by molar-refractivity contribution is -0.123. The van der Waals surface area contributed by atoms with E-state index in [1.54, 1.807) is 6.08 Å². The van der Waals surface area contributed by atoms with Gasteiger partial charge in [-0.25, -0.2) is 0 Å². The Morgan fingerprint density at radius 1 is 1.00 bits per heavy atom. The molecule has 29 heavy (non-hydrogen) atoms. The molecule has 0 N–H and O–H groups in total. The van der Waals surface area contributed by atoms with Crippen molar-refractivity contribution >= 4 is 45.6 Å². The number of hydrogen-bond acceptors (Lipinski definition) is 5. The molecule has 0 radical (unpaired) electrons. The van der Waals surface area contributed by atoms with Crippen LogP contribution in [-0.2, 0) is 11.3 Å². The van der Waals surface area contributed by atoms with Crippen LogP contribution in [-0.4, -0.2) is 29.1 Å². The molecule has 0 aliphatic carbocycles. The van der Waals surface area contributed by atoms with Crippen LogP contribution in [0.1, 0.15) is 25.2 Å².